The van der Waals surface area contributed by atoms with Crippen molar-refractivity contribution in [3.63, 3.8) is 0 Å². The lowest BCUT2D eigenvalue weighted by molar-refractivity contribution is -0.695. The molecule has 82 valence electrons. The zero-order valence-electron chi connectivity index (χ0n) is 8.16. The molecule has 0 atom stereocenters. The maximum atomic E-state index is 11.3. The smallest absolute Gasteiger partial charge is 0.307 e. The van der Waals surface area contributed by atoms with E-state index in [1.807, 2.05) is 0 Å². The van der Waals surface area contributed by atoms with Crippen LogP contribution in [-0.4, -0.2) is 15.6 Å². The maximum Gasteiger partial charge on any atom is 0.307 e. The summed E-state index contributed by atoms with van der Waals surface area (Å²) in [5.41, 5.74) is 1.33. The van der Waals surface area contributed by atoms with E-state index in [1.54, 1.807) is 24.3 Å². The molecule has 6 heteroatoms. The highest BCUT2D eigenvalue weighted by Crippen LogP contribution is 2.08. The molecule has 2 rings (SSSR count). The fraction of sp³-hybridized carbons (Fsp3) is 0.100. The molecule has 0 saturated carbocycles. The molecule has 1 aromatic heterocycles. The van der Waals surface area contributed by atoms with Crippen molar-refractivity contribution in [2.45, 2.75) is 6.42 Å². The first-order chi connectivity index (χ1) is 7.66. The van der Waals surface area contributed by atoms with Gasteiger partial charge in [-0.15, -0.1) is 0 Å². The summed E-state index contributed by atoms with van der Waals surface area (Å²) in [7, 11) is 0. The molecule has 16 heavy (non-hydrogen) atoms. The Labute approximate surface area is 95.4 Å². The largest absolute Gasteiger partial charge is 0.820 e. The van der Waals surface area contributed by atoms with Gasteiger partial charge in [0.2, 0.25) is 5.69 Å². The standard InChI is InChI=1S/C10H8N2O3S/c13-9-6-16-11-12(9)8-3-1-7(2-4-8)5-10(14)15/h1-4,6H,5H2,(H-,13,14,15). The van der Waals surface area contributed by atoms with Crippen LogP contribution >= 0.6 is 11.5 Å². The zero-order valence-corrected chi connectivity index (χ0v) is 8.98. The Hall–Kier alpha value is -1.95. The van der Waals surface area contributed by atoms with Gasteiger partial charge in [0.1, 0.15) is 0 Å². The first-order valence-electron chi connectivity index (χ1n) is 4.51. The van der Waals surface area contributed by atoms with Crippen LogP contribution in [0.1, 0.15) is 5.56 Å². The van der Waals surface area contributed by atoms with Crippen LogP contribution in [-0.2, 0) is 11.2 Å². The molecule has 0 unspecified atom stereocenters. The molecular formula is C10H8N2O3S. The van der Waals surface area contributed by atoms with Crippen LogP contribution < -0.4 is 9.79 Å². The highest BCUT2D eigenvalue weighted by molar-refractivity contribution is 7.03. The average Bonchev–Trinajstić information content (AvgIpc) is 2.65. The van der Waals surface area contributed by atoms with Gasteiger partial charge in [-0.3, -0.25) is 4.79 Å². The Morgan fingerprint density at radius 2 is 2.12 bits per heavy atom. The summed E-state index contributed by atoms with van der Waals surface area (Å²) in [5, 5.41) is 21.3. The van der Waals surface area contributed by atoms with Crippen molar-refractivity contribution in [1.29, 1.82) is 0 Å². The molecule has 0 aliphatic rings. The minimum absolute atomic E-state index is 0.0216. The fourth-order valence-electron chi connectivity index (χ4n) is 1.31. The van der Waals surface area contributed by atoms with Crippen molar-refractivity contribution in [3.8, 4) is 11.6 Å². The molecule has 1 aromatic carbocycles. The molecule has 1 N–H and O–H groups in total. The summed E-state index contributed by atoms with van der Waals surface area (Å²) in [6.45, 7) is 0. The highest BCUT2D eigenvalue weighted by Gasteiger charge is 2.11. The number of aromatic nitrogens is 2. The van der Waals surface area contributed by atoms with E-state index in [-0.39, 0.29) is 12.3 Å². The third-order valence-corrected chi connectivity index (χ3v) is 2.59. The number of rotatable bonds is 3. The van der Waals surface area contributed by atoms with E-state index in [4.69, 9.17) is 5.11 Å². The molecule has 0 spiro atoms. The normalized spacial score (nSPS) is 10.2. The number of hydrogen-bond acceptors (Lipinski definition) is 4. The van der Waals surface area contributed by atoms with Gasteiger partial charge in [0.25, 0.3) is 0 Å². The van der Waals surface area contributed by atoms with Crippen LogP contribution in [0.2, 0.25) is 0 Å². The first kappa shape index (κ1) is 10.6. The predicted octanol–water partition coefficient (Wildman–Crippen LogP) is 0.120. The summed E-state index contributed by atoms with van der Waals surface area (Å²) in [6.07, 6.45) is -0.0216. The Kier molecular flexibility index (Phi) is 2.82. The molecule has 0 amide bonds. The Morgan fingerprint density at radius 3 is 2.62 bits per heavy atom. The minimum Gasteiger partial charge on any atom is -0.820 e. The number of nitrogens with zero attached hydrogens (tertiary/aromatic N) is 2. The quantitative estimate of drug-likeness (QED) is 0.768. The van der Waals surface area contributed by atoms with Crippen LogP contribution in [0.3, 0.4) is 0 Å². The van der Waals surface area contributed by atoms with Crippen LogP contribution in [0.4, 0.5) is 0 Å². The molecule has 5 nitrogen and oxygen atoms in total. The van der Waals surface area contributed by atoms with Crippen molar-refractivity contribution in [1.82, 2.24) is 4.49 Å². The van der Waals surface area contributed by atoms with E-state index in [0.29, 0.717) is 11.3 Å². The van der Waals surface area contributed by atoms with Crippen molar-refractivity contribution in [2.24, 2.45) is 0 Å². The molecule has 0 bridgehead atoms. The highest BCUT2D eigenvalue weighted by atomic mass is 32.1. The molecule has 0 aliphatic carbocycles. The van der Waals surface area contributed by atoms with Crippen LogP contribution in [0.25, 0.3) is 5.69 Å². The number of hydrogen-bond donors (Lipinski definition) is 1. The van der Waals surface area contributed by atoms with Crippen molar-refractivity contribution in [3.05, 3.63) is 35.2 Å². The molecule has 0 aliphatic heterocycles. The van der Waals surface area contributed by atoms with Gasteiger partial charge in [0.05, 0.1) is 16.3 Å². The second-order valence-electron chi connectivity index (χ2n) is 3.19. The molecule has 0 fully saturated rings. The van der Waals surface area contributed by atoms with E-state index in [1.165, 1.54) is 10.1 Å². The van der Waals surface area contributed by atoms with Crippen LogP contribution in [0.15, 0.2) is 29.6 Å². The third-order valence-electron chi connectivity index (χ3n) is 2.03. The molecule has 0 radical (unpaired) electrons. The minimum atomic E-state index is -0.876. The van der Waals surface area contributed by atoms with Gasteiger partial charge in [-0.2, -0.15) is 0 Å². The van der Waals surface area contributed by atoms with Gasteiger partial charge in [-0.25, -0.2) is 0 Å². The van der Waals surface area contributed by atoms with Crippen LogP contribution in [0.5, 0.6) is 5.88 Å². The van der Waals surface area contributed by atoms with Gasteiger partial charge in [-0.1, -0.05) is 12.1 Å². The Balaban J connectivity index is 2.26. The van der Waals surface area contributed by atoms with Crippen LogP contribution in [0, 0.1) is 0 Å². The Morgan fingerprint density at radius 1 is 1.44 bits per heavy atom. The maximum absolute atomic E-state index is 11.3. The fourth-order valence-corrected chi connectivity index (χ4v) is 1.82. The molecule has 0 saturated heterocycles. The predicted molar refractivity (Wildman–Crippen MR) is 54.4 cm³/mol. The second kappa shape index (κ2) is 4.28. The van der Waals surface area contributed by atoms with Crippen molar-refractivity contribution >= 4 is 17.5 Å². The van der Waals surface area contributed by atoms with Gasteiger partial charge < -0.3 is 10.2 Å². The zero-order chi connectivity index (χ0) is 11.5. The second-order valence-corrected chi connectivity index (χ2v) is 3.80. The van der Waals surface area contributed by atoms with E-state index in [9.17, 15) is 9.90 Å². The lowest BCUT2D eigenvalue weighted by Gasteiger charge is -1.98. The molecular weight excluding hydrogens is 228 g/mol. The number of benzene rings is 1. The topological polar surface area (TPSA) is 77.1 Å². The molecule has 2 aromatic rings. The van der Waals surface area contributed by atoms with Gasteiger partial charge >= 0.3 is 5.97 Å². The third kappa shape index (κ3) is 2.17. The van der Waals surface area contributed by atoms with Gasteiger partial charge in [0.15, 0.2) is 5.88 Å². The number of carbonyl (C=O) groups is 1. The summed E-state index contributed by atoms with van der Waals surface area (Å²) in [5.74, 6) is -1.06. The van der Waals surface area contributed by atoms with Crippen molar-refractivity contribution < 1.29 is 19.7 Å². The summed E-state index contributed by atoms with van der Waals surface area (Å²) in [4.78, 5) is 10.5. The molecule has 1 heterocycles. The summed E-state index contributed by atoms with van der Waals surface area (Å²) in [6, 6.07) is 6.71. The lowest BCUT2D eigenvalue weighted by atomic mass is 10.1. The number of aliphatic carboxylic acids is 1. The first-order valence-corrected chi connectivity index (χ1v) is 5.35. The van der Waals surface area contributed by atoms with Gasteiger partial charge in [0, 0.05) is 23.7 Å². The van der Waals surface area contributed by atoms with Crippen molar-refractivity contribution in [2.75, 3.05) is 0 Å². The number of carboxylic acids is 1. The van der Waals surface area contributed by atoms with E-state index < -0.39 is 5.97 Å². The van der Waals surface area contributed by atoms with E-state index >= 15 is 0 Å². The summed E-state index contributed by atoms with van der Waals surface area (Å²) >= 11 is 1.08. The monoisotopic (exact) mass is 236 g/mol. The lowest BCUT2D eigenvalue weighted by Crippen LogP contribution is -2.35. The average molecular weight is 236 g/mol. The number of carboxylic acid groups (broad SMARTS) is 1. The van der Waals surface area contributed by atoms with E-state index in [0.717, 1.165) is 11.5 Å². The SMILES string of the molecule is O=C(O)Cc1ccc(-[n+]2nscc2[O-])cc1. The van der Waals surface area contributed by atoms with E-state index in [2.05, 4.69) is 4.49 Å². The van der Waals surface area contributed by atoms with Gasteiger partial charge in [-0.05, 0) is 10.2 Å². The Bertz CT molecular complexity index is 507. The summed E-state index contributed by atoms with van der Waals surface area (Å²) < 4.78 is 5.18.